The summed E-state index contributed by atoms with van der Waals surface area (Å²) < 4.78 is 10.4. The van der Waals surface area contributed by atoms with E-state index in [1.54, 1.807) is 7.11 Å². The van der Waals surface area contributed by atoms with Crippen molar-refractivity contribution in [3.8, 4) is 0 Å². The van der Waals surface area contributed by atoms with E-state index in [9.17, 15) is 0 Å². The zero-order chi connectivity index (χ0) is 13.1. The molecule has 0 saturated heterocycles. The summed E-state index contributed by atoms with van der Waals surface area (Å²) in [5.41, 5.74) is 1.26. The molecule has 1 aliphatic carbocycles. The Labute approximate surface area is 112 Å². The molecule has 19 heavy (non-hydrogen) atoms. The molecule has 1 aromatic heterocycles. The van der Waals surface area contributed by atoms with Crippen molar-refractivity contribution in [2.75, 3.05) is 13.7 Å². The summed E-state index contributed by atoms with van der Waals surface area (Å²) in [6.45, 7) is 0.611. The molecular weight excluding hydrogens is 240 g/mol. The van der Waals surface area contributed by atoms with Crippen molar-refractivity contribution in [1.29, 1.82) is 0 Å². The van der Waals surface area contributed by atoms with Gasteiger partial charge in [0.2, 0.25) is 5.89 Å². The van der Waals surface area contributed by atoms with Gasteiger partial charge in [0.15, 0.2) is 5.82 Å². The summed E-state index contributed by atoms with van der Waals surface area (Å²) in [7, 11) is 1.68. The smallest absolute Gasteiger partial charge is 0.228 e. The maximum absolute atomic E-state index is 5.33. The molecule has 0 radical (unpaired) electrons. The van der Waals surface area contributed by atoms with E-state index >= 15 is 0 Å². The molecule has 1 aliphatic rings. The Morgan fingerprint density at radius 3 is 2.68 bits per heavy atom. The largest absolute Gasteiger partial charge is 0.384 e. The Kier molecular flexibility index (Phi) is 3.34. The fraction of sp³-hybridized carbons (Fsp3) is 0.467. The number of nitrogens with zero attached hydrogens (tertiary/aromatic N) is 2. The van der Waals surface area contributed by atoms with Crippen molar-refractivity contribution in [1.82, 2.24) is 10.1 Å². The minimum atomic E-state index is -0.0317. The molecule has 0 spiro atoms. The second-order valence-electron chi connectivity index (χ2n) is 5.06. The zero-order valence-corrected chi connectivity index (χ0v) is 11.1. The van der Waals surface area contributed by atoms with Crippen LogP contribution in [0.3, 0.4) is 0 Å². The number of hydrogen-bond acceptors (Lipinski definition) is 4. The van der Waals surface area contributed by atoms with Crippen LogP contribution in [0.15, 0.2) is 34.9 Å². The van der Waals surface area contributed by atoms with Crippen LogP contribution in [0.2, 0.25) is 0 Å². The SMILES string of the molecule is COCCc1nc(C2(c3ccccc3)CCC2)no1. The third-order valence-corrected chi connectivity index (χ3v) is 3.95. The van der Waals surface area contributed by atoms with Crippen LogP contribution in [0.4, 0.5) is 0 Å². The number of aromatic nitrogens is 2. The zero-order valence-electron chi connectivity index (χ0n) is 11.1. The van der Waals surface area contributed by atoms with Crippen LogP contribution in [0.5, 0.6) is 0 Å². The summed E-state index contributed by atoms with van der Waals surface area (Å²) in [6.07, 6.45) is 4.09. The molecule has 0 atom stereocenters. The van der Waals surface area contributed by atoms with Gasteiger partial charge in [0, 0.05) is 7.11 Å². The molecule has 0 N–H and O–H groups in total. The molecule has 1 heterocycles. The fourth-order valence-electron chi connectivity index (χ4n) is 2.67. The van der Waals surface area contributed by atoms with Crippen LogP contribution in [0, 0.1) is 0 Å². The average Bonchev–Trinajstić information content (AvgIpc) is 2.85. The lowest BCUT2D eigenvalue weighted by Gasteiger charge is -2.39. The first-order chi connectivity index (χ1) is 9.35. The first-order valence-corrected chi connectivity index (χ1v) is 6.73. The summed E-state index contributed by atoms with van der Waals surface area (Å²) >= 11 is 0. The predicted molar refractivity (Wildman–Crippen MR) is 71.0 cm³/mol. The Morgan fingerprint density at radius 1 is 1.26 bits per heavy atom. The highest BCUT2D eigenvalue weighted by atomic mass is 16.5. The van der Waals surface area contributed by atoms with Crippen LogP contribution < -0.4 is 0 Å². The van der Waals surface area contributed by atoms with E-state index in [1.807, 2.05) is 6.07 Å². The van der Waals surface area contributed by atoms with Gasteiger partial charge in [-0.05, 0) is 18.4 Å². The van der Waals surface area contributed by atoms with E-state index in [-0.39, 0.29) is 5.41 Å². The van der Waals surface area contributed by atoms with E-state index in [0.717, 1.165) is 18.7 Å². The van der Waals surface area contributed by atoms with Crippen LogP contribution in [-0.2, 0) is 16.6 Å². The molecule has 1 saturated carbocycles. The number of rotatable bonds is 5. The van der Waals surface area contributed by atoms with Crippen LogP contribution >= 0.6 is 0 Å². The molecule has 0 amide bonds. The number of ether oxygens (including phenoxy) is 1. The molecule has 3 rings (SSSR count). The normalized spacial score (nSPS) is 17.1. The van der Waals surface area contributed by atoms with E-state index in [0.29, 0.717) is 18.9 Å². The highest BCUT2D eigenvalue weighted by Gasteiger charge is 2.44. The van der Waals surface area contributed by atoms with Gasteiger partial charge in [-0.3, -0.25) is 0 Å². The van der Waals surface area contributed by atoms with Gasteiger partial charge in [-0.1, -0.05) is 41.9 Å². The van der Waals surface area contributed by atoms with E-state index in [4.69, 9.17) is 9.26 Å². The molecule has 0 aliphatic heterocycles. The third-order valence-electron chi connectivity index (χ3n) is 3.95. The van der Waals surface area contributed by atoms with Gasteiger partial charge >= 0.3 is 0 Å². The van der Waals surface area contributed by atoms with Gasteiger partial charge < -0.3 is 9.26 Å². The molecular formula is C15H18N2O2. The fourth-order valence-corrected chi connectivity index (χ4v) is 2.67. The number of hydrogen-bond donors (Lipinski definition) is 0. The van der Waals surface area contributed by atoms with Gasteiger partial charge in [-0.25, -0.2) is 0 Å². The minimum absolute atomic E-state index is 0.0317. The third kappa shape index (κ3) is 2.16. The molecule has 4 nitrogen and oxygen atoms in total. The van der Waals surface area contributed by atoms with E-state index in [1.165, 1.54) is 12.0 Å². The van der Waals surface area contributed by atoms with Gasteiger partial charge in [-0.2, -0.15) is 4.98 Å². The van der Waals surface area contributed by atoms with Crippen LogP contribution in [0.1, 0.15) is 36.5 Å². The summed E-state index contributed by atoms with van der Waals surface area (Å²) in [4.78, 5) is 4.56. The van der Waals surface area contributed by atoms with Crippen molar-refractivity contribution in [2.24, 2.45) is 0 Å². The summed E-state index contributed by atoms with van der Waals surface area (Å²) in [6, 6.07) is 10.5. The summed E-state index contributed by atoms with van der Waals surface area (Å²) in [5.74, 6) is 1.50. The Bertz CT molecular complexity index is 532. The number of benzene rings is 1. The van der Waals surface area contributed by atoms with Crippen LogP contribution in [-0.4, -0.2) is 23.9 Å². The van der Waals surface area contributed by atoms with Crippen LogP contribution in [0.25, 0.3) is 0 Å². The Balaban J connectivity index is 1.88. The van der Waals surface area contributed by atoms with Crippen molar-refractivity contribution < 1.29 is 9.26 Å². The molecule has 0 bridgehead atoms. The Morgan fingerprint density at radius 2 is 2.05 bits per heavy atom. The van der Waals surface area contributed by atoms with Gasteiger partial charge in [0.05, 0.1) is 18.4 Å². The lowest BCUT2D eigenvalue weighted by atomic mass is 9.64. The topological polar surface area (TPSA) is 48.2 Å². The van der Waals surface area contributed by atoms with Gasteiger partial charge in [0.25, 0.3) is 0 Å². The minimum Gasteiger partial charge on any atom is -0.384 e. The van der Waals surface area contributed by atoms with Crippen molar-refractivity contribution in [3.05, 3.63) is 47.6 Å². The monoisotopic (exact) mass is 258 g/mol. The quantitative estimate of drug-likeness (QED) is 0.827. The second kappa shape index (κ2) is 5.13. The maximum atomic E-state index is 5.33. The van der Waals surface area contributed by atoms with Crippen molar-refractivity contribution in [3.63, 3.8) is 0 Å². The molecule has 0 unspecified atom stereocenters. The Hall–Kier alpha value is -1.68. The van der Waals surface area contributed by atoms with Gasteiger partial charge in [-0.15, -0.1) is 0 Å². The van der Waals surface area contributed by atoms with Gasteiger partial charge in [0.1, 0.15) is 0 Å². The van der Waals surface area contributed by atoms with E-state index in [2.05, 4.69) is 34.4 Å². The number of methoxy groups -OCH3 is 1. The second-order valence-corrected chi connectivity index (χ2v) is 5.06. The average molecular weight is 258 g/mol. The standard InChI is InChI=1S/C15H18N2O2/c1-18-11-8-13-16-14(17-19-13)15(9-5-10-15)12-6-3-2-4-7-12/h2-4,6-7H,5,8-11H2,1H3. The van der Waals surface area contributed by atoms with Crippen molar-refractivity contribution >= 4 is 0 Å². The highest BCUT2D eigenvalue weighted by molar-refractivity contribution is 5.35. The maximum Gasteiger partial charge on any atom is 0.228 e. The highest BCUT2D eigenvalue weighted by Crippen LogP contribution is 2.47. The lowest BCUT2D eigenvalue weighted by molar-refractivity contribution is 0.191. The predicted octanol–water partition coefficient (Wildman–Crippen LogP) is 2.73. The molecule has 2 aromatic rings. The molecule has 100 valence electrons. The lowest BCUT2D eigenvalue weighted by Crippen LogP contribution is -2.36. The molecule has 4 heteroatoms. The van der Waals surface area contributed by atoms with Crippen molar-refractivity contribution in [2.45, 2.75) is 31.1 Å². The molecule has 1 fully saturated rings. The first kappa shape index (κ1) is 12.4. The summed E-state index contributed by atoms with van der Waals surface area (Å²) in [5, 5.41) is 4.20. The van der Waals surface area contributed by atoms with E-state index < -0.39 is 0 Å². The first-order valence-electron chi connectivity index (χ1n) is 6.73. The molecule has 1 aromatic carbocycles.